The van der Waals surface area contributed by atoms with Crippen molar-refractivity contribution in [2.24, 2.45) is 34.5 Å². The van der Waals surface area contributed by atoms with Crippen LogP contribution in [0.2, 0.25) is 0 Å². The van der Waals surface area contributed by atoms with Crippen molar-refractivity contribution in [1.29, 1.82) is 0 Å². The van der Waals surface area contributed by atoms with E-state index in [0.29, 0.717) is 40.4 Å². The number of ether oxygens (including phenoxy) is 3. The molecule has 0 spiro atoms. The van der Waals surface area contributed by atoms with Crippen LogP contribution in [0.5, 0.6) is 17.2 Å². The molecule has 5 nitrogen and oxygen atoms in total. The molecule has 2 N–H and O–H groups in total. The molecule has 33 heavy (non-hydrogen) atoms. The van der Waals surface area contributed by atoms with Crippen LogP contribution in [0.25, 0.3) is 6.08 Å². The van der Waals surface area contributed by atoms with Crippen molar-refractivity contribution in [2.45, 2.75) is 77.4 Å². The predicted molar refractivity (Wildman–Crippen MR) is 126 cm³/mol. The molecule has 1 aliphatic heterocycles. The summed E-state index contributed by atoms with van der Waals surface area (Å²) in [6, 6.07) is 3.98. The standard InChI is InChI=1S/C28H38O5/c1-27-8-6-19(29)14-18(27)4-5-20-21(27)7-9-28(2)22(20)13-17(26(28)30)10-16-11-23(31-3)25-24(12-16)32-15-33-25/h10-12,18-22,26,29-30H,4-9,13-15H2,1-3H3/b17-10+/t18-,19-,20+,21-,22-,26+,27-,28-/m0/s1. The molecule has 1 aromatic rings. The number of aliphatic hydroxyl groups is 2. The lowest BCUT2D eigenvalue weighted by Crippen LogP contribution is -2.54. The molecule has 0 bridgehead atoms. The van der Waals surface area contributed by atoms with Gasteiger partial charge in [0.25, 0.3) is 0 Å². The van der Waals surface area contributed by atoms with Crippen LogP contribution in [0.3, 0.4) is 0 Å². The van der Waals surface area contributed by atoms with Crippen molar-refractivity contribution in [3.05, 3.63) is 23.3 Å². The zero-order valence-corrected chi connectivity index (χ0v) is 20.2. The fourth-order valence-corrected chi connectivity index (χ4v) is 8.68. The average Bonchev–Trinajstić information content (AvgIpc) is 3.37. The van der Waals surface area contributed by atoms with Crippen LogP contribution in [-0.4, -0.2) is 36.3 Å². The molecule has 4 fully saturated rings. The maximum atomic E-state index is 11.6. The van der Waals surface area contributed by atoms with Gasteiger partial charge in [-0.25, -0.2) is 0 Å². The van der Waals surface area contributed by atoms with Crippen molar-refractivity contribution >= 4 is 6.08 Å². The Morgan fingerprint density at radius 3 is 2.64 bits per heavy atom. The van der Waals surface area contributed by atoms with Gasteiger partial charge in [-0.15, -0.1) is 0 Å². The first kappa shape index (κ1) is 21.8. The van der Waals surface area contributed by atoms with Gasteiger partial charge in [-0.1, -0.05) is 19.9 Å². The van der Waals surface area contributed by atoms with Gasteiger partial charge in [0.2, 0.25) is 12.5 Å². The smallest absolute Gasteiger partial charge is 0.231 e. The number of hydrogen-bond donors (Lipinski definition) is 2. The third-order valence-corrected chi connectivity index (χ3v) is 10.5. The largest absolute Gasteiger partial charge is 0.493 e. The fourth-order valence-electron chi connectivity index (χ4n) is 8.68. The topological polar surface area (TPSA) is 68.2 Å². The average molecular weight is 455 g/mol. The minimum atomic E-state index is -0.404. The number of benzene rings is 1. The van der Waals surface area contributed by atoms with Gasteiger partial charge >= 0.3 is 0 Å². The summed E-state index contributed by atoms with van der Waals surface area (Å²) in [4.78, 5) is 0. The first-order valence-electron chi connectivity index (χ1n) is 12.9. The van der Waals surface area contributed by atoms with Gasteiger partial charge in [0.05, 0.1) is 19.3 Å². The molecule has 1 aromatic carbocycles. The van der Waals surface area contributed by atoms with Crippen LogP contribution in [0, 0.1) is 34.5 Å². The van der Waals surface area contributed by atoms with E-state index in [9.17, 15) is 10.2 Å². The van der Waals surface area contributed by atoms with E-state index < -0.39 is 6.10 Å². The number of rotatable bonds is 2. The lowest BCUT2D eigenvalue weighted by Gasteiger charge is -2.60. The molecule has 6 rings (SSSR count). The van der Waals surface area contributed by atoms with Gasteiger partial charge in [-0.05, 0) is 104 Å². The molecular formula is C28H38O5. The van der Waals surface area contributed by atoms with Gasteiger partial charge in [0, 0.05) is 5.41 Å². The van der Waals surface area contributed by atoms with E-state index in [-0.39, 0.29) is 18.3 Å². The molecule has 4 saturated carbocycles. The normalized spacial score (nSPS) is 44.8. The minimum Gasteiger partial charge on any atom is -0.493 e. The highest BCUT2D eigenvalue weighted by Crippen LogP contribution is 2.67. The van der Waals surface area contributed by atoms with Gasteiger partial charge < -0.3 is 24.4 Å². The number of aliphatic hydroxyl groups excluding tert-OH is 2. The monoisotopic (exact) mass is 454 g/mol. The van der Waals surface area contributed by atoms with Crippen molar-refractivity contribution in [1.82, 2.24) is 0 Å². The molecule has 8 atom stereocenters. The van der Waals surface area contributed by atoms with Crippen molar-refractivity contribution < 1.29 is 24.4 Å². The molecule has 0 unspecified atom stereocenters. The van der Waals surface area contributed by atoms with Crippen LogP contribution < -0.4 is 14.2 Å². The van der Waals surface area contributed by atoms with E-state index in [2.05, 4.69) is 19.9 Å². The molecule has 5 aliphatic rings. The third-order valence-electron chi connectivity index (χ3n) is 10.5. The van der Waals surface area contributed by atoms with E-state index in [1.54, 1.807) is 7.11 Å². The SMILES string of the molecule is COc1cc(/C=C2\C[C@H]3[C@@H]4CC[C@H]5C[C@@H](O)CC[C@]5(C)[C@H]4CC[C@]3(C)[C@@H]2O)cc2c1OCO2. The highest BCUT2D eigenvalue weighted by atomic mass is 16.7. The van der Waals surface area contributed by atoms with Crippen LogP contribution in [0.1, 0.15) is 70.8 Å². The number of hydrogen-bond acceptors (Lipinski definition) is 5. The molecule has 0 radical (unpaired) electrons. The Kier molecular flexibility index (Phi) is 5.05. The third kappa shape index (κ3) is 3.18. The maximum absolute atomic E-state index is 11.6. The van der Waals surface area contributed by atoms with Gasteiger partial charge in [0.15, 0.2) is 11.5 Å². The fraction of sp³-hybridized carbons (Fsp3) is 0.714. The lowest BCUT2D eigenvalue weighted by molar-refractivity contribution is -0.133. The second-order valence-electron chi connectivity index (χ2n) is 11.9. The van der Waals surface area contributed by atoms with Gasteiger partial charge in [0.1, 0.15) is 0 Å². The Hall–Kier alpha value is -1.72. The summed E-state index contributed by atoms with van der Waals surface area (Å²) in [6.45, 7) is 5.07. The van der Waals surface area contributed by atoms with Crippen molar-refractivity contribution in [3.8, 4) is 17.2 Å². The molecule has 1 heterocycles. The zero-order chi connectivity index (χ0) is 23.0. The van der Waals surface area contributed by atoms with Gasteiger partial charge in [-0.3, -0.25) is 0 Å². The maximum Gasteiger partial charge on any atom is 0.231 e. The summed E-state index contributed by atoms with van der Waals surface area (Å²) in [6.07, 6.45) is 10.5. The number of methoxy groups -OCH3 is 1. The Labute approximate surface area is 197 Å². The Balaban J connectivity index is 1.30. The van der Waals surface area contributed by atoms with Gasteiger partial charge in [-0.2, -0.15) is 0 Å². The molecule has 4 aliphatic carbocycles. The van der Waals surface area contributed by atoms with Crippen LogP contribution in [0.15, 0.2) is 17.7 Å². The second kappa shape index (κ2) is 7.64. The highest BCUT2D eigenvalue weighted by Gasteiger charge is 2.61. The molecule has 5 heteroatoms. The number of fused-ring (bicyclic) bond motifs is 6. The predicted octanol–water partition coefficient (Wildman–Crippen LogP) is 5.18. The second-order valence-corrected chi connectivity index (χ2v) is 11.9. The Bertz CT molecular complexity index is 971. The summed E-state index contributed by atoms with van der Waals surface area (Å²) >= 11 is 0. The summed E-state index contributed by atoms with van der Waals surface area (Å²) in [5.74, 6) is 4.64. The van der Waals surface area contributed by atoms with E-state index >= 15 is 0 Å². The highest BCUT2D eigenvalue weighted by molar-refractivity contribution is 5.65. The zero-order valence-electron chi connectivity index (χ0n) is 20.2. The van der Waals surface area contributed by atoms with Crippen LogP contribution in [0.4, 0.5) is 0 Å². The van der Waals surface area contributed by atoms with Crippen LogP contribution in [-0.2, 0) is 0 Å². The van der Waals surface area contributed by atoms with Crippen molar-refractivity contribution in [2.75, 3.05) is 13.9 Å². The molecule has 0 aromatic heterocycles. The van der Waals surface area contributed by atoms with Crippen molar-refractivity contribution in [3.63, 3.8) is 0 Å². The molecule has 0 amide bonds. The van der Waals surface area contributed by atoms with E-state index in [4.69, 9.17) is 14.2 Å². The van der Waals surface area contributed by atoms with E-state index in [1.807, 2.05) is 12.1 Å². The minimum absolute atomic E-state index is 0.0508. The lowest BCUT2D eigenvalue weighted by atomic mass is 9.45. The first-order chi connectivity index (χ1) is 15.8. The summed E-state index contributed by atoms with van der Waals surface area (Å²) < 4.78 is 16.7. The molecular weight excluding hydrogens is 416 g/mol. The quantitative estimate of drug-likeness (QED) is 0.644. The Morgan fingerprint density at radius 1 is 1.00 bits per heavy atom. The summed E-state index contributed by atoms with van der Waals surface area (Å²) in [5.41, 5.74) is 2.45. The van der Waals surface area contributed by atoms with E-state index in [0.717, 1.165) is 49.2 Å². The van der Waals surface area contributed by atoms with E-state index in [1.165, 1.54) is 19.3 Å². The molecule has 0 saturated heterocycles. The van der Waals surface area contributed by atoms with Crippen LogP contribution >= 0.6 is 0 Å². The first-order valence-corrected chi connectivity index (χ1v) is 12.9. The summed E-state index contributed by atoms with van der Waals surface area (Å²) in [7, 11) is 1.65. The summed E-state index contributed by atoms with van der Waals surface area (Å²) in [5, 5.41) is 21.8. The molecule has 180 valence electrons. The Morgan fingerprint density at radius 2 is 1.82 bits per heavy atom.